The molecule has 7 nitrogen and oxygen atoms in total. The predicted octanol–water partition coefficient (Wildman–Crippen LogP) is 4.34. The number of amides is 1. The molecule has 8 heteroatoms. The van der Waals surface area contributed by atoms with E-state index >= 15 is 0 Å². The Balaban J connectivity index is 1.52. The van der Waals surface area contributed by atoms with Gasteiger partial charge in [-0.05, 0) is 60.9 Å². The monoisotopic (exact) mass is 437 g/mol. The smallest absolute Gasteiger partial charge is 0.272 e. The zero-order valence-electron chi connectivity index (χ0n) is 18.3. The molecule has 3 heterocycles. The lowest BCUT2D eigenvalue weighted by Gasteiger charge is -2.11. The summed E-state index contributed by atoms with van der Waals surface area (Å²) in [6.45, 7) is 8.83. The Hall–Kier alpha value is -3.00. The highest BCUT2D eigenvalue weighted by molar-refractivity contribution is 7.17. The number of thiophene rings is 1. The quantitative estimate of drug-likeness (QED) is 0.466. The molecule has 3 aromatic heterocycles. The number of anilines is 1. The third-order valence-corrected chi connectivity index (χ3v) is 6.31. The van der Waals surface area contributed by atoms with Gasteiger partial charge in [-0.25, -0.2) is 0 Å². The molecule has 0 bridgehead atoms. The molecule has 4 rings (SSSR count). The van der Waals surface area contributed by atoms with Crippen molar-refractivity contribution >= 4 is 38.9 Å². The molecule has 0 radical (unpaired) electrons. The Kier molecular flexibility index (Phi) is 5.91. The largest absolute Gasteiger partial charge is 0.326 e. The molecule has 4 aromatic rings. The fourth-order valence-electron chi connectivity index (χ4n) is 3.72. The SMILES string of the molecule is Cc1ccc(NC(=O)CCCc2nnc3n(CC(C)C)c(=O)c4sccc4n23)cc1C. The van der Waals surface area contributed by atoms with E-state index in [2.05, 4.69) is 36.3 Å². The van der Waals surface area contributed by atoms with E-state index in [4.69, 9.17) is 0 Å². The summed E-state index contributed by atoms with van der Waals surface area (Å²) in [6, 6.07) is 7.86. The molecule has 1 N–H and O–H groups in total. The van der Waals surface area contributed by atoms with E-state index in [9.17, 15) is 9.59 Å². The first-order valence-corrected chi connectivity index (χ1v) is 11.4. The van der Waals surface area contributed by atoms with Gasteiger partial charge in [0.1, 0.15) is 10.5 Å². The topological polar surface area (TPSA) is 81.3 Å². The second-order valence-electron chi connectivity index (χ2n) is 8.40. The van der Waals surface area contributed by atoms with Crippen LogP contribution in [0.25, 0.3) is 16.0 Å². The molecule has 0 fully saturated rings. The van der Waals surface area contributed by atoms with Crippen LogP contribution in [0.5, 0.6) is 0 Å². The molecule has 0 unspecified atom stereocenters. The molecule has 31 heavy (non-hydrogen) atoms. The minimum Gasteiger partial charge on any atom is -0.326 e. The summed E-state index contributed by atoms with van der Waals surface area (Å²) >= 11 is 1.44. The number of carbonyl (C=O) groups excluding carboxylic acids is 1. The molecule has 1 aromatic carbocycles. The maximum Gasteiger partial charge on any atom is 0.272 e. The summed E-state index contributed by atoms with van der Waals surface area (Å²) in [6.07, 6.45) is 1.64. The minimum atomic E-state index is -0.0190. The zero-order valence-corrected chi connectivity index (χ0v) is 19.1. The van der Waals surface area contributed by atoms with Crippen LogP contribution in [-0.4, -0.2) is 25.1 Å². The summed E-state index contributed by atoms with van der Waals surface area (Å²) in [4.78, 5) is 25.3. The Bertz CT molecular complexity index is 1310. The molecule has 0 aliphatic heterocycles. The summed E-state index contributed by atoms with van der Waals surface area (Å²) < 4.78 is 4.39. The van der Waals surface area contributed by atoms with Crippen molar-refractivity contribution in [2.75, 3.05) is 5.32 Å². The number of aryl methyl sites for hydroxylation is 3. The molecule has 0 saturated carbocycles. The average Bonchev–Trinajstić information content (AvgIpc) is 3.35. The number of nitrogens with zero attached hydrogens (tertiary/aromatic N) is 4. The molecule has 162 valence electrons. The van der Waals surface area contributed by atoms with Crippen LogP contribution in [0.2, 0.25) is 0 Å². The Morgan fingerprint density at radius 1 is 1.16 bits per heavy atom. The van der Waals surface area contributed by atoms with Crippen LogP contribution in [-0.2, 0) is 17.8 Å². The van der Waals surface area contributed by atoms with Gasteiger partial charge < -0.3 is 5.32 Å². The highest BCUT2D eigenvalue weighted by atomic mass is 32.1. The Labute approximate surface area is 184 Å². The van der Waals surface area contributed by atoms with Gasteiger partial charge in [-0.3, -0.25) is 18.6 Å². The van der Waals surface area contributed by atoms with E-state index in [1.54, 1.807) is 4.57 Å². The van der Waals surface area contributed by atoms with Gasteiger partial charge in [-0.2, -0.15) is 0 Å². The first-order valence-electron chi connectivity index (χ1n) is 10.6. The standard InChI is InChI=1S/C23H27N5O2S/c1-14(2)13-27-22(30)21-18(10-11-31-21)28-19(25-26-23(27)28)6-5-7-20(29)24-17-9-8-15(3)16(4)12-17/h8-12,14H,5-7,13H2,1-4H3,(H,24,29). The molecule has 0 spiro atoms. The van der Waals surface area contributed by atoms with Gasteiger partial charge in [-0.1, -0.05) is 19.9 Å². The number of aromatic nitrogens is 4. The first-order chi connectivity index (χ1) is 14.8. The van der Waals surface area contributed by atoms with Crippen molar-refractivity contribution in [1.82, 2.24) is 19.2 Å². The average molecular weight is 438 g/mol. The summed E-state index contributed by atoms with van der Waals surface area (Å²) in [5.41, 5.74) is 3.99. The van der Waals surface area contributed by atoms with Crippen molar-refractivity contribution in [1.29, 1.82) is 0 Å². The lowest BCUT2D eigenvalue weighted by atomic mass is 10.1. The van der Waals surface area contributed by atoms with Gasteiger partial charge in [-0.15, -0.1) is 21.5 Å². The van der Waals surface area contributed by atoms with Crippen molar-refractivity contribution in [2.45, 2.75) is 53.5 Å². The maximum atomic E-state index is 12.9. The van der Waals surface area contributed by atoms with Crippen LogP contribution >= 0.6 is 11.3 Å². The number of nitrogens with one attached hydrogen (secondary N) is 1. The van der Waals surface area contributed by atoms with Gasteiger partial charge >= 0.3 is 0 Å². The van der Waals surface area contributed by atoms with Crippen LogP contribution in [0.15, 0.2) is 34.4 Å². The number of hydrogen-bond acceptors (Lipinski definition) is 5. The van der Waals surface area contributed by atoms with Crippen LogP contribution in [0.1, 0.15) is 43.6 Å². The lowest BCUT2D eigenvalue weighted by Crippen LogP contribution is -2.24. The van der Waals surface area contributed by atoms with Crippen LogP contribution in [0.3, 0.4) is 0 Å². The Morgan fingerprint density at radius 2 is 1.97 bits per heavy atom. The summed E-state index contributed by atoms with van der Waals surface area (Å²) in [7, 11) is 0. The number of hydrogen-bond donors (Lipinski definition) is 1. The van der Waals surface area contributed by atoms with E-state index in [-0.39, 0.29) is 11.5 Å². The van der Waals surface area contributed by atoms with E-state index in [1.165, 1.54) is 16.9 Å². The fraction of sp³-hybridized carbons (Fsp3) is 0.391. The van der Waals surface area contributed by atoms with Crippen molar-refractivity contribution in [3.8, 4) is 0 Å². The molecule has 1 amide bonds. The van der Waals surface area contributed by atoms with Crippen molar-refractivity contribution in [3.05, 3.63) is 57.0 Å². The van der Waals surface area contributed by atoms with Crippen LogP contribution < -0.4 is 10.9 Å². The molecular weight excluding hydrogens is 410 g/mol. The van der Waals surface area contributed by atoms with E-state index in [0.29, 0.717) is 42.2 Å². The number of carbonyl (C=O) groups is 1. The van der Waals surface area contributed by atoms with Gasteiger partial charge in [0.15, 0.2) is 0 Å². The molecule has 0 aliphatic carbocycles. The van der Waals surface area contributed by atoms with Crippen molar-refractivity contribution in [2.24, 2.45) is 5.92 Å². The number of benzene rings is 1. The molecule has 0 saturated heterocycles. The third kappa shape index (κ3) is 4.25. The van der Waals surface area contributed by atoms with Gasteiger partial charge in [0.25, 0.3) is 5.56 Å². The molecule has 0 aliphatic rings. The minimum absolute atomic E-state index is 0.0158. The lowest BCUT2D eigenvalue weighted by molar-refractivity contribution is -0.116. The predicted molar refractivity (Wildman–Crippen MR) is 125 cm³/mol. The summed E-state index contributed by atoms with van der Waals surface area (Å²) in [5.74, 6) is 1.64. The molecular formula is C23H27N5O2S. The first kappa shape index (κ1) is 21.2. The molecule has 0 atom stereocenters. The maximum absolute atomic E-state index is 12.9. The highest BCUT2D eigenvalue weighted by Crippen LogP contribution is 2.21. The van der Waals surface area contributed by atoms with Crippen molar-refractivity contribution < 1.29 is 4.79 Å². The van der Waals surface area contributed by atoms with E-state index in [0.717, 1.165) is 22.6 Å². The fourth-order valence-corrected chi connectivity index (χ4v) is 4.55. The van der Waals surface area contributed by atoms with Crippen LogP contribution in [0.4, 0.5) is 5.69 Å². The normalized spacial score (nSPS) is 11.6. The number of rotatable bonds is 7. The van der Waals surface area contributed by atoms with E-state index < -0.39 is 0 Å². The number of fused-ring (bicyclic) bond motifs is 3. The van der Waals surface area contributed by atoms with Crippen molar-refractivity contribution in [3.63, 3.8) is 0 Å². The second kappa shape index (κ2) is 8.63. The van der Waals surface area contributed by atoms with Gasteiger partial charge in [0.05, 0.1) is 5.52 Å². The van der Waals surface area contributed by atoms with Crippen LogP contribution in [0, 0.1) is 19.8 Å². The third-order valence-electron chi connectivity index (χ3n) is 5.42. The zero-order chi connectivity index (χ0) is 22.1. The summed E-state index contributed by atoms with van der Waals surface area (Å²) in [5, 5.41) is 13.6. The highest BCUT2D eigenvalue weighted by Gasteiger charge is 2.18. The Morgan fingerprint density at radius 3 is 2.71 bits per heavy atom. The van der Waals surface area contributed by atoms with Gasteiger partial charge in [0, 0.05) is 25.1 Å². The van der Waals surface area contributed by atoms with Gasteiger partial charge in [0.2, 0.25) is 11.7 Å². The van der Waals surface area contributed by atoms with E-state index in [1.807, 2.05) is 41.0 Å². The second-order valence-corrected chi connectivity index (χ2v) is 9.31.